The quantitative estimate of drug-likeness (QED) is 0.799. The van der Waals surface area contributed by atoms with E-state index in [0.717, 1.165) is 0 Å². The Morgan fingerprint density at radius 3 is 2.64 bits per heavy atom. The van der Waals surface area contributed by atoms with E-state index in [9.17, 15) is 14.0 Å². The van der Waals surface area contributed by atoms with E-state index in [1.807, 2.05) is 0 Å². The maximum absolute atomic E-state index is 13.5. The number of rotatable bonds is 3. The molecule has 1 aliphatic rings. The van der Waals surface area contributed by atoms with E-state index in [4.69, 9.17) is 9.15 Å². The number of likely N-dealkylation sites (tertiary alicyclic amines) is 1. The third-order valence-corrected chi connectivity index (χ3v) is 4.42. The first-order valence-electron chi connectivity index (χ1n) is 8.07. The number of hydrogen-bond donors (Lipinski definition) is 0. The number of aryl methyl sites for hydroxylation is 1. The van der Waals surface area contributed by atoms with Gasteiger partial charge in [0, 0.05) is 24.6 Å². The van der Waals surface area contributed by atoms with Gasteiger partial charge in [-0.2, -0.15) is 0 Å². The Labute approximate surface area is 144 Å². The molecule has 6 nitrogen and oxygen atoms in total. The third kappa shape index (κ3) is 3.55. The van der Waals surface area contributed by atoms with Gasteiger partial charge in [0.15, 0.2) is 12.1 Å². The molecule has 0 bridgehead atoms. The van der Waals surface area contributed by atoms with Gasteiger partial charge in [-0.25, -0.2) is 14.2 Å². The maximum atomic E-state index is 13.5. The predicted octanol–water partition coefficient (Wildman–Crippen LogP) is 2.93. The highest BCUT2D eigenvalue weighted by Gasteiger charge is 2.30. The molecule has 0 saturated carbocycles. The van der Waals surface area contributed by atoms with Crippen molar-refractivity contribution < 1.29 is 23.1 Å². The fourth-order valence-electron chi connectivity index (χ4n) is 3.18. The van der Waals surface area contributed by atoms with Crippen LogP contribution in [-0.2, 0) is 4.74 Å². The average molecular weight is 346 g/mol. The van der Waals surface area contributed by atoms with Crippen molar-refractivity contribution in [3.05, 3.63) is 53.0 Å². The van der Waals surface area contributed by atoms with Crippen LogP contribution in [0.5, 0.6) is 0 Å². The summed E-state index contributed by atoms with van der Waals surface area (Å²) in [7, 11) is 1.29. The smallest absolute Gasteiger partial charge is 0.360 e. The topological polar surface area (TPSA) is 72.6 Å². The second-order valence-electron chi connectivity index (χ2n) is 6.14. The molecule has 0 aliphatic carbocycles. The number of amides is 1. The molecule has 1 aromatic carbocycles. The first kappa shape index (κ1) is 17.1. The van der Waals surface area contributed by atoms with Crippen LogP contribution in [0.1, 0.15) is 50.9 Å². The number of carbonyl (C=O) groups is 2. The highest BCUT2D eigenvalue weighted by molar-refractivity contribution is 5.94. The Balaban J connectivity index is 1.69. The van der Waals surface area contributed by atoms with E-state index >= 15 is 0 Å². The van der Waals surface area contributed by atoms with Crippen molar-refractivity contribution in [2.24, 2.45) is 0 Å². The zero-order valence-electron chi connectivity index (χ0n) is 14.1. The number of benzene rings is 1. The SMILES string of the molecule is COC(=O)c1ncoc1C1CCN(C(=O)c2cc(C)cc(F)c2)CC1. The molecule has 1 aliphatic heterocycles. The molecule has 3 rings (SSSR count). The van der Waals surface area contributed by atoms with E-state index in [-0.39, 0.29) is 17.5 Å². The van der Waals surface area contributed by atoms with Gasteiger partial charge >= 0.3 is 5.97 Å². The predicted molar refractivity (Wildman–Crippen MR) is 86.9 cm³/mol. The Morgan fingerprint density at radius 1 is 1.28 bits per heavy atom. The molecule has 0 spiro atoms. The third-order valence-electron chi connectivity index (χ3n) is 4.42. The fraction of sp³-hybridized carbons (Fsp3) is 0.389. The van der Waals surface area contributed by atoms with E-state index in [1.54, 1.807) is 17.9 Å². The summed E-state index contributed by atoms with van der Waals surface area (Å²) in [6.45, 7) is 2.76. The van der Waals surface area contributed by atoms with E-state index < -0.39 is 11.8 Å². The van der Waals surface area contributed by atoms with Crippen LogP contribution in [0.15, 0.2) is 29.0 Å². The molecule has 1 saturated heterocycles. The Hall–Kier alpha value is -2.70. The lowest BCUT2D eigenvalue weighted by Crippen LogP contribution is -2.38. The summed E-state index contributed by atoms with van der Waals surface area (Å²) in [6.07, 6.45) is 2.51. The molecular formula is C18H19FN2O4. The minimum Gasteiger partial charge on any atom is -0.464 e. The van der Waals surface area contributed by atoms with Crippen LogP contribution in [0, 0.1) is 12.7 Å². The van der Waals surface area contributed by atoms with E-state index in [0.29, 0.717) is 42.8 Å². The zero-order chi connectivity index (χ0) is 18.0. The van der Waals surface area contributed by atoms with Crippen LogP contribution < -0.4 is 0 Å². The molecule has 2 aromatic rings. The number of ether oxygens (including phenoxy) is 1. The van der Waals surface area contributed by atoms with Gasteiger partial charge in [-0.1, -0.05) is 0 Å². The van der Waals surface area contributed by atoms with Gasteiger partial charge in [0.25, 0.3) is 5.91 Å². The van der Waals surface area contributed by atoms with Gasteiger partial charge in [-0.05, 0) is 43.5 Å². The van der Waals surface area contributed by atoms with Crippen molar-refractivity contribution in [2.75, 3.05) is 20.2 Å². The average Bonchev–Trinajstić information content (AvgIpc) is 3.09. The summed E-state index contributed by atoms with van der Waals surface area (Å²) in [6, 6.07) is 4.33. The van der Waals surface area contributed by atoms with Gasteiger partial charge in [0.05, 0.1) is 7.11 Å². The summed E-state index contributed by atoms with van der Waals surface area (Å²) < 4.78 is 23.6. The zero-order valence-corrected chi connectivity index (χ0v) is 14.1. The molecule has 1 aromatic heterocycles. The molecule has 132 valence electrons. The molecule has 7 heteroatoms. The summed E-state index contributed by atoms with van der Waals surface area (Å²) in [5.74, 6) is -0.637. The van der Waals surface area contributed by atoms with Crippen LogP contribution in [0.2, 0.25) is 0 Å². The number of halogens is 1. The molecule has 0 atom stereocenters. The number of aromatic nitrogens is 1. The van der Waals surface area contributed by atoms with Gasteiger partial charge in [-0.3, -0.25) is 4.79 Å². The maximum Gasteiger partial charge on any atom is 0.360 e. The molecule has 2 heterocycles. The molecule has 0 radical (unpaired) electrons. The molecule has 0 unspecified atom stereocenters. The molecule has 1 amide bonds. The van der Waals surface area contributed by atoms with Crippen molar-refractivity contribution >= 4 is 11.9 Å². The van der Waals surface area contributed by atoms with Crippen molar-refractivity contribution in [1.82, 2.24) is 9.88 Å². The van der Waals surface area contributed by atoms with Crippen LogP contribution in [-0.4, -0.2) is 42.0 Å². The van der Waals surface area contributed by atoms with Crippen LogP contribution in [0.4, 0.5) is 4.39 Å². The largest absolute Gasteiger partial charge is 0.464 e. The first-order valence-corrected chi connectivity index (χ1v) is 8.07. The lowest BCUT2D eigenvalue weighted by molar-refractivity contribution is 0.0586. The highest BCUT2D eigenvalue weighted by Crippen LogP contribution is 2.31. The Morgan fingerprint density at radius 2 is 2.00 bits per heavy atom. The minimum absolute atomic E-state index is 0.00473. The monoisotopic (exact) mass is 346 g/mol. The van der Waals surface area contributed by atoms with Gasteiger partial charge < -0.3 is 14.1 Å². The standard InChI is InChI=1S/C18H19FN2O4/c1-11-7-13(9-14(19)8-11)17(22)21-5-3-12(4-6-21)16-15(18(23)24-2)20-10-25-16/h7-10,12H,3-6H2,1-2H3. The van der Waals surface area contributed by atoms with Crippen molar-refractivity contribution in [2.45, 2.75) is 25.7 Å². The van der Waals surface area contributed by atoms with Crippen LogP contribution >= 0.6 is 0 Å². The molecule has 0 N–H and O–H groups in total. The summed E-state index contributed by atoms with van der Waals surface area (Å²) in [5.41, 5.74) is 1.25. The number of hydrogen-bond acceptors (Lipinski definition) is 5. The van der Waals surface area contributed by atoms with Crippen molar-refractivity contribution in [3.8, 4) is 0 Å². The minimum atomic E-state index is -0.530. The molecular weight excluding hydrogens is 327 g/mol. The van der Waals surface area contributed by atoms with Crippen LogP contribution in [0.25, 0.3) is 0 Å². The lowest BCUT2D eigenvalue weighted by atomic mass is 9.92. The van der Waals surface area contributed by atoms with Crippen molar-refractivity contribution in [3.63, 3.8) is 0 Å². The highest BCUT2D eigenvalue weighted by atomic mass is 19.1. The van der Waals surface area contributed by atoms with E-state index in [2.05, 4.69) is 4.98 Å². The number of carbonyl (C=O) groups excluding carboxylic acids is 2. The number of nitrogens with zero attached hydrogens (tertiary/aromatic N) is 2. The second-order valence-corrected chi connectivity index (χ2v) is 6.14. The van der Waals surface area contributed by atoms with Gasteiger partial charge in [-0.15, -0.1) is 0 Å². The lowest BCUT2D eigenvalue weighted by Gasteiger charge is -2.31. The Kier molecular flexibility index (Phi) is 4.83. The first-order chi connectivity index (χ1) is 12.0. The number of oxazole rings is 1. The van der Waals surface area contributed by atoms with Crippen LogP contribution in [0.3, 0.4) is 0 Å². The fourth-order valence-corrected chi connectivity index (χ4v) is 3.18. The van der Waals surface area contributed by atoms with Crippen molar-refractivity contribution in [1.29, 1.82) is 0 Å². The number of esters is 1. The normalized spacial score (nSPS) is 15.2. The Bertz CT molecular complexity index is 774. The van der Waals surface area contributed by atoms with E-state index in [1.165, 1.54) is 25.6 Å². The van der Waals surface area contributed by atoms with Gasteiger partial charge in [0.1, 0.15) is 11.6 Å². The second kappa shape index (κ2) is 7.04. The van der Waals surface area contributed by atoms with Gasteiger partial charge in [0.2, 0.25) is 0 Å². The summed E-state index contributed by atoms with van der Waals surface area (Å²) in [4.78, 5) is 29.9. The number of piperidine rings is 1. The summed E-state index contributed by atoms with van der Waals surface area (Å²) in [5, 5.41) is 0. The summed E-state index contributed by atoms with van der Waals surface area (Å²) >= 11 is 0. The number of methoxy groups -OCH3 is 1. The molecule has 1 fully saturated rings. The molecule has 25 heavy (non-hydrogen) atoms.